The smallest absolute Gasteiger partial charge is 0.298 e. The van der Waals surface area contributed by atoms with E-state index in [-0.39, 0.29) is 11.5 Å². The molecule has 8 heteroatoms. The van der Waals surface area contributed by atoms with Crippen LogP contribution >= 0.6 is 0 Å². The van der Waals surface area contributed by atoms with Gasteiger partial charge in [0, 0.05) is 6.07 Å². The molecular weight excluding hydrogens is 198 g/mol. The quantitative estimate of drug-likeness (QED) is 0.553. The second-order valence-electron chi connectivity index (χ2n) is 2.43. The second kappa shape index (κ2) is 3.40. The zero-order chi connectivity index (χ0) is 10.9. The van der Waals surface area contributed by atoms with Crippen molar-refractivity contribution in [1.82, 2.24) is 4.98 Å². The number of pyridine rings is 1. The summed E-state index contributed by atoms with van der Waals surface area (Å²) in [7, 11) is 0. The highest BCUT2D eigenvalue weighted by molar-refractivity contribution is 5.63. The van der Waals surface area contributed by atoms with Gasteiger partial charge < -0.3 is 11.5 Å². The number of nitro groups is 1. The summed E-state index contributed by atoms with van der Waals surface area (Å²) < 4.78 is 24.5. The Morgan fingerprint density at radius 2 is 2.07 bits per heavy atom. The molecule has 0 bridgehead atoms. The van der Waals surface area contributed by atoms with E-state index in [0.29, 0.717) is 0 Å². The maximum Gasteiger partial charge on any atom is 0.298 e. The molecule has 0 saturated heterocycles. The minimum atomic E-state index is -3.06. The summed E-state index contributed by atoms with van der Waals surface area (Å²) >= 11 is 0. The van der Waals surface area contributed by atoms with Crippen LogP contribution in [0.4, 0.5) is 26.0 Å². The minimum Gasteiger partial charge on any atom is -0.396 e. The molecule has 0 aliphatic rings. The van der Waals surface area contributed by atoms with Crippen molar-refractivity contribution in [2.45, 2.75) is 6.43 Å². The molecule has 14 heavy (non-hydrogen) atoms. The number of alkyl halides is 2. The number of rotatable bonds is 2. The van der Waals surface area contributed by atoms with Crippen LogP contribution in [0.1, 0.15) is 12.1 Å². The zero-order valence-electron chi connectivity index (χ0n) is 6.78. The third kappa shape index (κ3) is 1.68. The topological polar surface area (TPSA) is 108 Å². The minimum absolute atomic E-state index is 0.193. The largest absolute Gasteiger partial charge is 0.396 e. The average Bonchev–Trinajstić information content (AvgIpc) is 2.08. The van der Waals surface area contributed by atoms with E-state index in [1.165, 1.54) is 0 Å². The standard InChI is InChI=1S/C6H6F2N4O2/c7-5(8)4-3(12(13)14)1-2(9)6(10)11-4/h1,5H,9H2,(H2,10,11). The van der Waals surface area contributed by atoms with Crippen LogP contribution in [0.5, 0.6) is 0 Å². The van der Waals surface area contributed by atoms with E-state index in [9.17, 15) is 18.9 Å². The molecule has 1 aromatic heterocycles. The van der Waals surface area contributed by atoms with E-state index in [4.69, 9.17) is 11.5 Å². The highest BCUT2D eigenvalue weighted by atomic mass is 19.3. The molecule has 0 aromatic carbocycles. The van der Waals surface area contributed by atoms with Crippen molar-refractivity contribution in [3.05, 3.63) is 21.9 Å². The molecule has 0 saturated carbocycles. The van der Waals surface area contributed by atoms with E-state index in [1.807, 2.05) is 0 Å². The Balaban J connectivity index is 3.39. The van der Waals surface area contributed by atoms with Gasteiger partial charge in [0.15, 0.2) is 5.69 Å². The molecule has 6 nitrogen and oxygen atoms in total. The molecule has 0 radical (unpaired) electrons. The Kier molecular flexibility index (Phi) is 2.45. The van der Waals surface area contributed by atoms with Crippen molar-refractivity contribution >= 4 is 17.2 Å². The zero-order valence-corrected chi connectivity index (χ0v) is 6.78. The predicted molar refractivity (Wildman–Crippen MR) is 44.7 cm³/mol. The third-order valence-corrected chi connectivity index (χ3v) is 1.49. The Morgan fingerprint density at radius 3 is 2.50 bits per heavy atom. The first-order valence-electron chi connectivity index (χ1n) is 3.42. The molecule has 1 aromatic rings. The van der Waals surface area contributed by atoms with Crippen molar-refractivity contribution in [3.8, 4) is 0 Å². The number of hydrogen-bond acceptors (Lipinski definition) is 5. The molecule has 1 heterocycles. The number of nitrogens with two attached hydrogens (primary N) is 2. The van der Waals surface area contributed by atoms with Crippen LogP contribution in [0.3, 0.4) is 0 Å². The summed E-state index contributed by atoms with van der Waals surface area (Å²) in [5.74, 6) is -0.342. The van der Waals surface area contributed by atoms with Gasteiger partial charge in [0.25, 0.3) is 12.1 Å². The second-order valence-corrected chi connectivity index (χ2v) is 2.43. The van der Waals surface area contributed by atoms with Crippen molar-refractivity contribution in [3.63, 3.8) is 0 Å². The number of aromatic nitrogens is 1. The van der Waals surface area contributed by atoms with Crippen LogP contribution in [0.2, 0.25) is 0 Å². The van der Waals surface area contributed by atoms with Gasteiger partial charge >= 0.3 is 0 Å². The van der Waals surface area contributed by atoms with Crippen molar-refractivity contribution in [2.24, 2.45) is 0 Å². The molecule has 0 amide bonds. The van der Waals surface area contributed by atoms with E-state index in [1.54, 1.807) is 0 Å². The highest BCUT2D eigenvalue weighted by Gasteiger charge is 2.24. The third-order valence-electron chi connectivity index (χ3n) is 1.49. The predicted octanol–water partition coefficient (Wildman–Crippen LogP) is 1.09. The van der Waals surface area contributed by atoms with E-state index in [0.717, 1.165) is 6.07 Å². The summed E-state index contributed by atoms with van der Waals surface area (Å²) in [4.78, 5) is 12.5. The van der Waals surface area contributed by atoms with Crippen molar-refractivity contribution < 1.29 is 13.7 Å². The monoisotopic (exact) mass is 204 g/mol. The fourth-order valence-electron chi connectivity index (χ4n) is 0.854. The van der Waals surface area contributed by atoms with E-state index >= 15 is 0 Å². The summed E-state index contributed by atoms with van der Waals surface area (Å²) in [6, 6.07) is 0.768. The maximum atomic E-state index is 12.2. The summed E-state index contributed by atoms with van der Waals surface area (Å²) in [6.07, 6.45) is -3.06. The molecular formula is C6H6F2N4O2. The molecule has 0 spiro atoms. The van der Waals surface area contributed by atoms with Gasteiger partial charge in [-0.3, -0.25) is 10.1 Å². The molecule has 1 rings (SSSR count). The highest BCUT2D eigenvalue weighted by Crippen LogP contribution is 2.30. The van der Waals surface area contributed by atoms with E-state index < -0.39 is 22.7 Å². The van der Waals surface area contributed by atoms with Gasteiger partial charge in [-0.15, -0.1) is 0 Å². The first-order valence-corrected chi connectivity index (χ1v) is 3.42. The molecule has 0 fully saturated rings. The van der Waals surface area contributed by atoms with Gasteiger partial charge in [-0.1, -0.05) is 0 Å². The fourth-order valence-corrected chi connectivity index (χ4v) is 0.854. The summed E-state index contributed by atoms with van der Waals surface area (Å²) in [5.41, 5.74) is 8.33. The number of nitrogens with zero attached hydrogens (tertiary/aromatic N) is 2. The maximum absolute atomic E-state index is 12.2. The molecule has 0 atom stereocenters. The van der Waals surface area contributed by atoms with Gasteiger partial charge in [0.05, 0.1) is 10.6 Å². The van der Waals surface area contributed by atoms with Crippen molar-refractivity contribution in [2.75, 3.05) is 11.5 Å². The first kappa shape index (κ1) is 10.1. The average molecular weight is 204 g/mol. The van der Waals surface area contributed by atoms with Gasteiger partial charge in [-0.2, -0.15) is 0 Å². The summed E-state index contributed by atoms with van der Waals surface area (Å²) in [5, 5.41) is 10.3. The molecule has 0 aliphatic heterocycles. The van der Waals surface area contributed by atoms with Gasteiger partial charge in [0.2, 0.25) is 0 Å². The Bertz CT molecular complexity index is 382. The number of halogens is 2. The number of nitrogen functional groups attached to an aromatic ring is 2. The SMILES string of the molecule is Nc1cc([N+](=O)[O-])c(C(F)F)nc1N. The molecule has 76 valence electrons. The van der Waals surface area contributed by atoms with Crippen molar-refractivity contribution in [1.29, 1.82) is 0 Å². The van der Waals surface area contributed by atoms with Gasteiger partial charge in [-0.05, 0) is 0 Å². The number of hydrogen-bond donors (Lipinski definition) is 2. The van der Waals surface area contributed by atoms with Gasteiger partial charge in [-0.25, -0.2) is 13.8 Å². The Morgan fingerprint density at radius 1 is 1.50 bits per heavy atom. The molecule has 0 aliphatic carbocycles. The van der Waals surface area contributed by atoms with Crippen LogP contribution in [0.15, 0.2) is 6.07 Å². The lowest BCUT2D eigenvalue weighted by molar-refractivity contribution is -0.386. The lowest BCUT2D eigenvalue weighted by Crippen LogP contribution is -2.05. The fraction of sp³-hybridized carbons (Fsp3) is 0.167. The van der Waals surface area contributed by atoms with Crippen LogP contribution in [0, 0.1) is 10.1 Å². The normalized spacial score (nSPS) is 10.5. The van der Waals surface area contributed by atoms with Crippen LogP contribution in [-0.4, -0.2) is 9.91 Å². The van der Waals surface area contributed by atoms with Crippen LogP contribution in [0.25, 0.3) is 0 Å². The van der Waals surface area contributed by atoms with Gasteiger partial charge in [0.1, 0.15) is 5.82 Å². The van der Waals surface area contributed by atoms with E-state index in [2.05, 4.69) is 4.98 Å². The lowest BCUT2D eigenvalue weighted by Gasteiger charge is -2.03. The molecule has 4 N–H and O–H groups in total. The Labute approximate surface area is 76.7 Å². The number of anilines is 2. The molecule has 0 unspecified atom stereocenters. The van der Waals surface area contributed by atoms with Crippen LogP contribution < -0.4 is 11.5 Å². The Hall–Kier alpha value is -1.99. The van der Waals surface area contributed by atoms with Crippen LogP contribution in [-0.2, 0) is 0 Å². The lowest BCUT2D eigenvalue weighted by atomic mass is 10.2. The first-order chi connectivity index (χ1) is 6.43. The summed E-state index contributed by atoms with van der Waals surface area (Å²) in [6.45, 7) is 0.